The number of rotatable bonds is 5. The van der Waals surface area contributed by atoms with E-state index in [-0.39, 0.29) is 0 Å². The Morgan fingerprint density at radius 2 is 2.11 bits per heavy atom. The molecular weight excluding hydrogens is 244 g/mol. The van der Waals surface area contributed by atoms with Gasteiger partial charge in [0.2, 0.25) is 5.13 Å². The van der Waals surface area contributed by atoms with Gasteiger partial charge in [-0.3, -0.25) is 0 Å². The minimum Gasteiger partial charge on any atom is -0.330 e. The third-order valence-electron chi connectivity index (χ3n) is 2.65. The van der Waals surface area contributed by atoms with Crippen LogP contribution in [0.1, 0.15) is 17.0 Å². The number of aryl methyl sites for hydroxylation is 2. The van der Waals surface area contributed by atoms with Crippen molar-refractivity contribution in [3.05, 3.63) is 34.8 Å². The second-order valence-electron chi connectivity index (χ2n) is 4.24. The summed E-state index contributed by atoms with van der Waals surface area (Å²) in [5.41, 5.74) is 8.00. The van der Waals surface area contributed by atoms with Crippen LogP contribution in [0.25, 0.3) is 0 Å². The van der Waals surface area contributed by atoms with Crippen molar-refractivity contribution >= 4 is 22.2 Å². The van der Waals surface area contributed by atoms with Crippen LogP contribution in [0, 0.1) is 13.8 Å². The number of hydrogen-bond acceptors (Lipinski definition) is 5. The normalized spacial score (nSPS) is 10.6. The summed E-state index contributed by atoms with van der Waals surface area (Å²) in [5, 5.41) is 10.2. The molecule has 0 aliphatic rings. The molecule has 0 atom stereocenters. The van der Waals surface area contributed by atoms with Crippen LogP contribution in [0.15, 0.2) is 24.3 Å². The number of anilines is 2. The van der Waals surface area contributed by atoms with Crippen molar-refractivity contribution in [3.8, 4) is 0 Å². The maximum absolute atomic E-state index is 5.61. The Labute approximate surface area is 111 Å². The summed E-state index contributed by atoms with van der Waals surface area (Å²) in [5.74, 6) is 0. The monoisotopic (exact) mass is 262 g/mol. The molecule has 18 heavy (non-hydrogen) atoms. The van der Waals surface area contributed by atoms with Gasteiger partial charge in [-0.2, -0.15) is 0 Å². The summed E-state index contributed by atoms with van der Waals surface area (Å²) in [6, 6.07) is 8.41. The lowest BCUT2D eigenvalue weighted by atomic mass is 10.2. The number of hydrogen-bond donors (Lipinski definition) is 1. The average molecular weight is 262 g/mol. The second kappa shape index (κ2) is 5.93. The van der Waals surface area contributed by atoms with Crippen molar-refractivity contribution in [2.75, 3.05) is 18.0 Å². The Morgan fingerprint density at radius 1 is 1.28 bits per heavy atom. The molecule has 5 heteroatoms. The first-order valence-corrected chi connectivity index (χ1v) is 6.87. The molecule has 96 valence electrons. The van der Waals surface area contributed by atoms with Gasteiger partial charge in [0, 0.05) is 12.2 Å². The summed E-state index contributed by atoms with van der Waals surface area (Å²) < 4.78 is 0. The van der Waals surface area contributed by atoms with Crippen molar-refractivity contribution in [3.63, 3.8) is 0 Å². The van der Waals surface area contributed by atoms with Crippen LogP contribution in [0.2, 0.25) is 0 Å². The largest absolute Gasteiger partial charge is 0.330 e. The van der Waals surface area contributed by atoms with Crippen LogP contribution in [0.5, 0.6) is 0 Å². The highest BCUT2D eigenvalue weighted by atomic mass is 32.1. The first kappa shape index (κ1) is 13.0. The Bertz CT molecular complexity index is 509. The topological polar surface area (TPSA) is 55.0 Å². The molecule has 0 aliphatic carbocycles. The Hall–Kier alpha value is -1.46. The SMILES string of the molecule is Cc1cccc(N(CCCN)c2nnc(C)s2)c1. The number of nitrogens with zero attached hydrogens (tertiary/aromatic N) is 3. The summed E-state index contributed by atoms with van der Waals surface area (Å²) in [4.78, 5) is 2.19. The van der Waals surface area contributed by atoms with E-state index in [1.165, 1.54) is 5.56 Å². The molecule has 0 spiro atoms. The molecular formula is C13H18N4S. The minimum atomic E-state index is 0.681. The number of benzene rings is 1. The molecule has 0 saturated heterocycles. The molecule has 0 amide bonds. The van der Waals surface area contributed by atoms with E-state index in [0.29, 0.717) is 6.54 Å². The molecule has 0 bridgehead atoms. The van der Waals surface area contributed by atoms with Crippen LogP contribution < -0.4 is 10.6 Å². The van der Waals surface area contributed by atoms with Gasteiger partial charge in [-0.05, 0) is 44.5 Å². The summed E-state index contributed by atoms with van der Waals surface area (Å²) >= 11 is 1.61. The Balaban J connectivity index is 2.30. The summed E-state index contributed by atoms with van der Waals surface area (Å²) in [6.07, 6.45) is 0.937. The van der Waals surface area contributed by atoms with Crippen LogP contribution in [-0.2, 0) is 0 Å². The maximum Gasteiger partial charge on any atom is 0.212 e. The Morgan fingerprint density at radius 3 is 2.72 bits per heavy atom. The van der Waals surface area contributed by atoms with Crippen molar-refractivity contribution in [1.82, 2.24) is 10.2 Å². The van der Waals surface area contributed by atoms with Gasteiger partial charge in [0.15, 0.2) is 0 Å². The zero-order chi connectivity index (χ0) is 13.0. The van der Waals surface area contributed by atoms with Gasteiger partial charge in [0.1, 0.15) is 5.01 Å². The standard InChI is InChI=1S/C13H18N4S/c1-10-5-3-6-12(9-10)17(8-4-7-14)13-16-15-11(2)18-13/h3,5-6,9H,4,7-8,14H2,1-2H3. The fraction of sp³-hybridized carbons (Fsp3) is 0.385. The van der Waals surface area contributed by atoms with E-state index >= 15 is 0 Å². The van der Waals surface area contributed by atoms with Crippen molar-refractivity contribution in [2.24, 2.45) is 5.73 Å². The lowest BCUT2D eigenvalue weighted by Gasteiger charge is -2.21. The van der Waals surface area contributed by atoms with Gasteiger partial charge in [0.05, 0.1) is 0 Å². The third-order valence-corrected chi connectivity index (χ3v) is 3.51. The van der Waals surface area contributed by atoms with Crippen LogP contribution >= 0.6 is 11.3 Å². The summed E-state index contributed by atoms with van der Waals surface area (Å²) in [6.45, 7) is 5.61. The fourth-order valence-electron chi connectivity index (χ4n) is 1.78. The lowest BCUT2D eigenvalue weighted by Crippen LogP contribution is -2.20. The van der Waals surface area contributed by atoms with Gasteiger partial charge in [-0.15, -0.1) is 10.2 Å². The van der Waals surface area contributed by atoms with Crippen LogP contribution in [0.4, 0.5) is 10.8 Å². The average Bonchev–Trinajstić information content (AvgIpc) is 2.76. The molecule has 0 saturated carbocycles. The van der Waals surface area contributed by atoms with Gasteiger partial charge in [0.25, 0.3) is 0 Å². The van der Waals surface area contributed by atoms with Crippen molar-refractivity contribution in [2.45, 2.75) is 20.3 Å². The molecule has 2 rings (SSSR count). The first-order valence-electron chi connectivity index (χ1n) is 6.05. The van der Waals surface area contributed by atoms with Crippen molar-refractivity contribution in [1.29, 1.82) is 0 Å². The van der Waals surface area contributed by atoms with Crippen LogP contribution in [-0.4, -0.2) is 23.3 Å². The molecule has 2 N–H and O–H groups in total. The van der Waals surface area contributed by atoms with Gasteiger partial charge >= 0.3 is 0 Å². The molecule has 2 aromatic rings. The number of nitrogens with two attached hydrogens (primary N) is 1. The predicted octanol–water partition coefficient (Wildman–Crippen LogP) is 2.64. The smallest absolute Gasteiger partial charge is 0.212 e. The van der Waals surface area contributed by atoms with Gasteiger partial charge in [-0.25, -0.2) is 0 Å². The zero-order valence-corrected chi connectivity index (χ0v) is 11.6. The van der Waals surface area contributed by atoms with E-state index in [1.54, 1.807) is 11.3 Å². The fourth-order valence-corrected chi connectivity index (χ4v) is 2.51. The molecule has 0 radical (unpaired) electrons. The predicted molar refractivity (Wildman–Crippen MR) is 76.5 cm³/mol. The zero-order valence-electron chi connectivity index (χ0n) is 10.8. The van der Waals surface area contributed by atoms with E-state index in [2.05, 4.69) is 46.3 Å². The van der Waals surface area contributed by atoms with E-state index in [4.69, 9.17) is 5.73 Å². The highest BCUT2D eigenvalue weighted by Crippen LogP contribution is 2.28. The highest BCUT2D eigenvalue weighted by molar-refractivity contribution is 7.15. The van der Waals surface area contributed by atoms with Crippen LogP contribution in [0.3, 0.4) is 0 Å². The first-order chi connectivity index (χ1) is 8.70. The van der Waals surface area contributed by atoms with Gasteiger partial charge in [-0.1, -0.05) is 23.5 Å². The third kappa shape index (κ3) is 3.05. The van der Waals surface area contributed by atoms with E-state index in [0.717, 1.165) is 28.8 Å². The maximum atomic E-state index is 5.61. The highest BCUT2D eigenvalue weighted by Gasteiger charge is 2.13. The lowest BCUT2D eigenvalue weighted by molar-refractivity contribution is 0.810. The molecule has 1 heterocycles. The van der Waals surface area contributed by atoms with E-state index in [9.17, 15) is 0 Å². The molecule has 1 aromatic heterocycles. The molecule has 1 aromatic carbocycles. The summed E-state index contributed by atoms with van der Waals surface area (Å²) in [7, 11) is 0. The van der Waals surface area contributed by atoms with E-state index in [1.807, 2.05) is 6.92 Å². The van der Waals surface area contributed by atoms with Crippen molar-refractivity contribution < 1.29 is 0 Å². The molecule has 0 aliphatic heterocycles. The molecule has 0 fully saturated rings. The van der Waals surface area contributed by atoms with E-state index < -0.39 is 0 Å². The Kier molecular flexibility index (Phi) is 4.28. The van der Waals surface area contributed by atoms with Gasteiger partial charge < -0.3 is 10.6 Å². The second-order valence-corrected chi connectivity index (χ2v) is 5.40. The molecule has 4 nitrogen and oxygen atoms in total. The molecule has 0 unspecified atom stereocenters. The number of aromatic nitrogens is 2. The minimum absolute atomic E-state index is 0.681. The quantitative estimate of drug-likeness (QED) is 0.900.